The number of hydrogen-bond acceptors (Lipinski definition) is 7. The Balaban J connectivity index is 1.74. The summed E-state index contributed by atoms with van der Waals surface area (Å²) in [6.07, 6.45) is 0. The van der Waals surface area contributed by atoms with E-state index >= 15 is 0 Å². The van der Waals surface area contributed by atoms with Crippen LogP contribution in [0.3, 0.4) is 0 Å². The van der Waals surface area contributed by atoms with Gasteiger partial charge in [-0.15, -0.1) is 11.3 Å². The largest absolute Gasteiger partial charge is 0.269 e. The molecule has 12 heteroatoms. The number of benzene rings is 1. The molecule has 9 nitrogen and oxygen atoms in total. The molecule has 1 aliphatic heterocycles. The molecule has 0 atom stereocenters. The maximum atomic E-state index is 12.6. The zero-order valence-electron chi connectivity index (χ0n) is 13.4. The molecule has 0 N–H and O–H groups in total. The number of non-ortho nitro benzene ring substituents is 1. The second-order valence-corrected chi connectivity index (χ2v) is 10.5. The van der Waals surface area contributed by atoms with Crippen molar-refractivity contribution in [3.63, 3.8) is 0 Å². The second-order valence-electron chi connectivity index (χ2n) is 5.49. The van der Waals surface area contributed by atoms with Crippen LogP contribution in [0.1, 0.15) is 0 Å². The minimum Gasteiger partial charge on any atom is -0.258 e. The van der Waals surface area contributed by atoms with Crippen molar-refractivity contribution in [3.8, 4) is 0 Å². The highest BCUT2D eigenvalue weighted by Crippen LogP contribution is 2.25. The highest BCUT2D eigenvalue weighted by atomic mass is 32.2. The Labute approximate surface area is 154 Å². The van der Waals surface area contributed by atoms with Gasteiger partial charge >= 0.3 is 0 Å². The van der Waals surface area contributed by atoms with Gasteiger partial charge in [0.2, 0.25) is 10.0 Å². The predicted octanol–water partition coefficient (Wildman–Crippen LogP) is 1.35. The first kappa shape index (κ1) is 18.9. The quantitative estimate of drug-likeness (QED) is 0.535. The Hall–Kier alpha value is -1.86. The van der Waals surface area contributed by atoms with Crippen LogP contribution in [-0.4, -0.2) is 56.5 Å². The molecule has 1 saturated heterocycles. The van der Waals surface area contributed by atoms with E-state index in [4.69, 9.17) is 0 Å². The van der Waals surface area contributed by atoms with E-state index in [0.29, 0.717) is 0 Å². The maximum Gasteiger partial charge on any atom is 0.269 e. The van der Waals surface area contributed by atoms with Crippen LogP contribution in [0, 0.1) is 10.1 Å². The lowest BCUT2D eigenvalue weighted by Crippen LogP contribution is -2.50. The van der Waals surface area contributed by atoms with Crippen molar-refractivity contribution >= 4 is 37.1 Å². The third-order valence-electron chi connectivity index (χ3n) is 3.97. The summed E-state index contributed by atoms with van der Waals surface area (Å²) < 4.78 is 52.9. The van der Waals surface area contributed by atoms with Crippen LogP contribution in [0.5, 0.6) is 0 Å². The number of piperazine rings is 1. The van der Waals surface area contributed by atoms with Crippen molar-refractivity contribution in [3.05, 3.63) is 51.9 Å². The van der Waals surface area contributed by atoms with Gasteiger partial charge in [-0.25, -0.2) is 16.8 Å². The molecule has 0 bridgehead atoms. The van der Waals surface area contributed by atoms with Crippen LogP contribution in [0.25, 0.3) is 0 Å². The molecule has 1 aromatic carbocycles. The number of sulfonamides is 2. The van der Waals surface area contributed by atoms with Crippen molar-refractivity contribution in [2.75, 3.05) is 26.2 Å². The number of rotatable bonds is 5. The highest BCUT2D eigenvalue weighted by Gasteiger charge is 2.34. The maximum absolute atomic E-state index is 12.6. The smallest absolute Gasteiger partial charge is 0.258 e. The Kier molecular flexibility index (Phi) is 5.12. The van der Waals surface area contributed by atoms with Gasteiger partial charge in [-0.05, 0) is 23.6 Å². The summed E-state index contributed by atoms with van der Waals surface area (Å²) >= 11 is 1.11. The van der Waals surface area contributed by atoms with E-state index in [1.54, 1.807) is 11.4 Å². The molecule has 0 aliphatic carbocycles. The first-order valence-electron chi connectivity index (χ1n) is 7.51. The van der Waals surface area contributed by atoms with E-state index < -0.39 is 25.0 Å². The fourth-order valence-corrected chi connectivity index (χ4v) is 6.57. The molecule has 140 valence electrons. The molecule has 3 rings (SSSR count). The minimum absolute atomic E-state index is 0.0178. The van der Waals surface area contributed by atoms with E-state index in [1.807, 2.05) is 0 Å². The Morgan fingerprint density at radius 2 is 1.42 bits per heavy atom. The summed E-state index contributed by atoms with van der Waals surface area (Å²) in [5, 5.41) is 12.3. The lowest BCUT2D eigenvalue weighted by Gasteiger charge is -2.32. The molecular formula is C14H15N3O6S3. The minimum atomic E-state index is -3.84. The van der Waals surface area contributed by atoms with E-state index in [-0.39, 0.29) is 41.0 Å². The summed E-state index contributed by atoms with van der Waals surface area (Å²) in [5.74, 6) is 0. The van der Waals surface area contributed by atoms with Gasteiger partial charge in [0.25, 0.3) is 15.7 Å². The van der Waals surface area contributed by atoms with Gasteiger partial charge in [-0.2, -0.15) is 8.61 Å². The van der Waals surface area contributed by atoms with E-state index in [0.717, 1.165) is 23.5 Å². The van der Waals surface area contributed by atoms with Crippen molar-refractivity contribution in [1.82, 2.24) is 8.61 Å². The molecule has 26 heavy (non-hydrogen) atoms. The number of hydrogen-bond donors (Lipinski definition) is 0. The average Bonchev–Trinajstić information content (AvgIpc) is 3.17. The van der Waals surface area contributed by atoms with E-state index in [2.05, 4.69) is 0 Å². The number of nitro benzene ring substituents is 1. The summed E-state index contributed by atoms with van der Waals surface area (Å²) in [5.41, 5.74) is -0.198. The van der Waals surface area contributed by atoms with Gasteiger partial charge in [-0.3, -0.25) is 10.1 Å². The molecule has 1 aliphatic rings. The van der Waals surface area contributed by atoms with Crippen LogP contribution in [-0.2, 0) is 20.0 Å². The summed E-state index contributed by atoms with van der Waals surface area (Å²) in [6, 6.07) is 7.78. The van der Waals surface area contributed by atoms with E-state index in [9.17, 15) is 26.9 Å². The SMILES string of the molecule is O=[N+]([O-])c1ccc(S(=O)(=O)N2CCN(S(=O)(=O)c3cccs3)CC2)cc1. The lowest BCUT2D eigenvalue weighted by atomic mass is 10.3. The van der Waals surface area contributed by atoms with Crippen molar-refractivity contribution < 1.29 is 21.8 Å². The summed E-state index contributed by atoms with van der Waals surface area (Å²) in [7, 11) is -7.45. The summed E-state index contributed by atoms with van der Waals surface area (Å²) in [4.78, 5) is 10.0. The normalized spacial score (nSPS) is 17.2. The third kappa shape index (κ3) is 3.50. The molecule has 2 heterocycles. The monoisotopic (exact) mass is 417 g/mol. The molecule has 0 saturated carbocycles. The van der Waals surface area contributed by atoms with Gasteiger partial charge in [0.1, 0.15) is 4.21 Å². The number of nitro groups is 1. The average molecular weight is 417 g/mol. The van der Waals surface area contributed by atoms with E-state index in [1.165, 1.54) is 26.8 Å². The molecule has 2 aromatic rings. The highest BCUT2D eigenvalue weighted by molar-refractivity contribution is 7.91. The fourth-order valence-electron chi connectivity index (χ4n) is 2.58. The summed E-state index contributed by atoms with van der Waals surface area (Å²) in [6.45, 7) is 0.132. The zero-order valence-corrected chi connectivity index (χ0v) is 15.8. The molecule has 0 unspecified atom stereocenters. The van der Waals surface area contributed by atoms with Gasteiger partial charge in [0.15, 0.2) is 0 Å². The molecule has 0 spiro atoms. The van der Waals surface area contributed by atoms with Crippen molar-refractivity contribution in [2.45, 2.75) is 9.10 Å². The second kappa shape index (κ2) is 7.04. The molecule has 1 fully saturated rings. The van der Waals surface area contributed by atoms with Crippen molar-refractivity contribution in [2.24, 2.45) is 0 Å². The Morgan fingerprint density at radius 1 is 0.885 bits per heavy atom. The van der Waals surface area contributed by atoms with Crippen molar-refractivity contribution in [1.29, 1.82) is 0 Å². The molecule has 0 amide bonds. The third-order valence-corrected chi connectivity index (χ3v) is 9.16. The Morgan fingerprint density at radius 3 is 1.88 bits per heavy atom. The predicted molar refractivity (Wildman–Crippen MR) is 94.9 cm³/mol. The van der Waals surface area contributed by atoms with Gasteiger partial charge in [0, 0.05) is 38.3 Å². The topological polar surface area (TPSA) is 118 Å². The number of nitrogens with zero attached hydrogens (tertiary/aromatic N) is 3. The van der Waals surface area contributed by atoms with Crippen LogP contribution in [0.15, 0.2) is 50.9 Å². The molecule has 1 aromatic heterocycles. The van der Waals surface area contributed by atoms with Gasteiger partial charge in [0.05, 0.1) is 9.82 Å². The van der Waals surface area contributed by atoms with Crippen LogP contribution in [0.4, 0.5) is 5.69 Å². The molecular weight excluding hydrogens is 402 g/mol. The standard InChI is InChI=1S/C14H15N3O6S3/c18-17(19)12-3-5-13(6-4-12)25(20,21)15-7-9-16(10-8-15)26(22,23)14-2-1-11-24-14/h1-6,11H,7-10H2. The zero-order chi connectivity index (χ0) is 18.9. The van der Waals surface area contributed by atoms with Crippen LogP contribution < -0.4 is 0 Å². The fraction of sp³-hybridized carbons (Fsp3) is 0.286. The van der Waals surface area contributed by atoms with Crippen LogP contribution in [0.2, 0.25) is 0 Å². The van der Waals surface area contributed by atoms with Crippen LogP contribution >= 0.6 is 11.3 Å². The van der Waals surface area contributed by atoms with Gasteiger partial charge < -0.3 is 0 Å². The Bertz CT molecular complexity index is 993. The lowest BCUT2D eigenvalue weighted by molar-refractivity contribution is -0.384. The van der Waals surface area contributed by atoms with Gasteiger partial charge in [-0.1, -0.05) is 6.07 Å². The number of thiophene rings is 1. The first-order valence-corrected chi connectivity index (χ1v) is 11.3. The molecule has 0 radical (unpaired) electrons. The first-order chi connectivity index (χ1) is 12.2.